The van der Waals surface area contributed by atoms with Crippen molar-refractivity contribution >= 4 is 11.9 Å². The Hall–Kier alpha value is -2.95. The van der Waals surface area contributed by atoms with Gasteiger partial charge in [0.15, 0.2) is 0 Å². The highest BCUT2D eigenvalue weighted by atomic mass is 19.4. The first kappa shape index (κ1) is 23.7. The fourth-order valence-corrected chi connectivity index (χ4v) is 3.47. The SMILES string of the molecule is O=C(NCc1cn2c(n1)CN(Cc1cccc(F)c1)CC2)C1CCC1.O=C(O)C(F)(F)F. The molecule has 2 aliphatic rings. The van der Waals surface area contributed by atoms with Crippen molar-refractivity contribution in [1.82, 2.24) is 19.8 Å². The first-order chi connectivity index (χ1) is 15.1. The smallest absolute Gasteiger partial charge is 0.475 e. The summed E-state index contributed by atoms with van der Waals surface area (Å²) < 4.78 is 47.2. The van der Waals surface area contributed by atoms with Gasteiger partial charge >= 0.3 is 12.1 Å². The van der Waals surface area contributed by atoms with E-state index < -0.39 is 12.1 Å². The van der Waals surface area contributed by atoms with Gasteiger partial charge in [-0.3, -0.25) is 9.69 Å². The highest BCUT2D eigenvalue weighted by Gasteiger charge is 2.38. The molecule has 7 nitrogen and oxygen atoms in total. The van der Waals surface area contributed by atoms with E-state index in [2.05, 4.69) is 19.8 Å². The molecule has 0 bridgehead atoms. The van der Waals surface area contributed by atoms with Gasteiger partial charge in [0.05, 0.1) is 18.8 Å². The van der Waals surface area contributed by atoms with Gasteiger partial charge in [0, 0.05) is 31.7 Å². The van der Waals surface area contributed by atoms with E-state index >= 15 is 0 Å². The number of carboxylic acid groups (broad SMARTS) is 1. The topological polar surface area (TPSA) is 87.5 Å². The number of benzene rings is 1. The van der Waals surface area contributed by atoms with Crippen molar-refractivity contribution in [2.24, 2.45) is 5.92 Å². The number of halogens is 4. The van der Waals surface area contributed by atoms with Gasteiger partial charge in [0.2, 0.25) is 5.91 Å². The molecule has 1 amide bonds. The molecule has 32 heavy (non-hydrogen) atoms. The Morgan fingerprint density at radius 1 is 1.22 bits per heavy atom. The summed E-state index contributed by atoms with van der Waals surface area (Å²) in [4.78, 5) is 27.8. The minimum atomic E-state index is -5.08. The minimum Gasteiger partial charge on any atom is -0.475 e. The van der Waals surface area contributed by atoms with Crippen LogP contribution in [0.1, 0.15) is 36.3 Å². The summed E-state index contributed by atoms with van der Waals surface area (Å²) in [6, 6.07) is 6.75. The van der Waals surface area contributed by atoms with Crippen LogP contribution in [0.15, 0.2) is 30.5 Å². The number of rotatable bonds is 5. The van der Waals surface area contributed by atoms with Gasteiger partial charge in [-0.05, 0) is 30.5 Å². The number of nitrogens with zero attached hydrogens (tertiary/aromatic N) is 3. The largest absolute Gasteiger partial charge is 0.490 e. The highest BCUT2D eigenvalue weighted by molar-refractivity contribution is 5.79. The van der Waals surface area contributed by atoms with Crippen molar-refractivity contribution in [1.29, 1.82) is 0 Å². The van der Waals surface area contributed by atoms with Crippen LogP contribution in [-0.2, 0) is 35.8 Å². The van der Waals surface area contributed by atoms with Gasteiger partial charge in [-0.1, -0.05) is 18.6 Å². The lowest BCUT2D eigenvalue weighted by molar-refractivity contribution is -0.192. The van der Waals surface area contributed by atoms with Gasteiger partial charge in [-0.25, -0.2) is 14.2 Å². The summed E-state index contributed by atoms with van der Waals surface area (Å²) in [5, 5.41) is 10.1. The second-order valence-electron chi connectivity index (χ2n) is 7.83. The van der Waals surface area contributed by atoms with Crippen molar-refractivity contribution < 1.29 is 32.3 Å². The number of aromatic nitrogens is 2. The zero-order valence-corrected chi connectivity index (χ0v) is 17.2. The van der Waals surface area contributed by atoms with Gasteiger partial charge in [0.1, 0.15) is 11.6 Å². The Morgan fingerprint density at radius 2 is 1.94 bits per heavy atom. The molecular weight excluding hydrogens is 432 g/mol. The Morgan fingerprint density at radius 3 is 2.53 bits per heavy atom. The molecule has 1 aliphatic carbocycles. The second kappa shape index (κ2) is 10.1. The first-order valence-electron chi connectivity index (χ1n) is 10.2. The molecule has 2 aromatic rings. The molecule has 2 N–H and O–H groups in total. The summed E-state index contributed by atoms with van der Waals surface area (Å²) in [7, 11) is 0. The van der Waals surface area contributed by atoms with Crippen LogP contribution in [0.3, 0.4) is 0 Å². The lowest BCUT2D eigenvalue weighted by Gasteiger charge is -2.27. The number of amides is 1. The molecule has 1 aromatic heterocycles. The molecule has 2 heterocycles. The van der Waals surface area contributed by atoms with E-state index in [0.29, 0.717) is 6.54 Å². The van der Waals surface area contributed by atoms with Crippen LogP contribution in [0, 0.1) is 11.7 Å². The Balaban J connectivity index is 0.000000360. The fraction of sp³-hybridized carbons (Fsp3) is 0.476. The molecule has 1 aliphatic heterocycles. The monoisotopic (exact) mass is 456 g/mol. The number of carbonyl (C=O) groups is 2. The van der Waals surface area contributed by atoms with E-state index in [1.807, 2.05) is 12.3 Å². The number of hydrogen-bond donors (Lipinski definition) is 2. The first-order valence-corrected chi connectivity index (χ1v) is 10.2. The van der Waals surface area contributed by atoms with E-state index in [0.717, 1.165) is 62.5 Å². The van der Waals surface area contributed by atoms with Gasteiger partial charge in [0.25, 0.3) is 0 Å². The molecule has 11 heteroatoms. The Labute approximate surface area is 182 Å². The van der Waals surface area contributed by atoms with Crippen LogP contribution in [-0.4, -0.2) is 44.2 Å². The molecule has 1 saturated carbocycles. The van der Waals surface area contributed by atoms with Crippen molar-refractivity contribution in [3.63, 3.8) is 0 Å². The van der Waals surface area contributed by atoms with Crippen LogP contribution in [0.5, 0.6) is 0 Å². The quantitative estimate of drug-likeness (QED) is 0.676. The Bertz CT molecular complexity index is 957. The standard InChI is InChI=1S/C19H23FN4O.C2HF3O2/c20-16-6-1-3-14(9-16)11-23-7-8-24-12-17(22-18(24)13-23)10-21-19(25)15-4-2-5-15;3-2(4,5)1(6)7/h1,3,6,9,12,15H,2,4-5,7-8,10-11,13H2,(H,21,25);(H,6,7). The number of nitrogens with one attached hydrogen (secondary N) is 1. The summed E-state index contributed by atoms with van der Waals surface area (Å²) in [5.41, 5.74) is 1.89. The predicted octanol–water partition coefficient (Wildman–Crippen LogP) is 3.09. The number of imidazole rings is 1. The third kappa shape index (κ3) is 6.52. The molecular formula is C21H24F4N4O3. The van der Waals surface area contributed by atoms with Gasteiger partial charge in [-0.2, -0.15) is 13.2 Å². The maximum absolute atomic E-state index is 13.3. The summed E-state index contributed by atoms with van der Waals surface area (Å²) in [6.07, 6.45) is 0.148. The maximum Gasteiger partial charge on any atom is 0.490 e. The second-order valence-corrected chi connectivity index (χ2v) is 7.83. The lowest BCUT2D eigenvalue weighted by atomic mass is 9.85. The number of carboxylic acids is 1. The number of hydrogen-bond acceptors (Lipinski definition) is 4. The average Bonchev–Trinajstić information content (AvgIpc) is 3.07. The molecule has 1 fully saturated rings. The predicted molar refractivity (Wildman–Crippen MR) is 106 cm³/mol. The zero-order valence-electron chi connectivity index (χ0n) is 17.2. The maximum atomic E-state index is 13.3. The van der Waals surface area contributed by atoms with E-state index in [4.69, 9.17) is 9.90 Å². The van der Waals surface area contributed by atoms with Crippen LogP contribution in [0.2, 0.25) is 0 Å². The zero-order chi connectivity index (χ0) is 23.3. The fourth-order valence-electron chi connectivity index (χ4n) is 3.47. The summed E-state index contributed by atoms with van der Waals surface area (Å²) in [5.74, 6) is -1.58. The molecule has 4 rings (SSSR count). The molecule has 0 spiro atoms. The van der Waals surface area contributed by atoms with Crippen molar-refractivity contribution in [2.75, 3.05) is 6.54 Å². The lowest BCUT2D eigenvalue weighted by Crippen LogP contribution is -2.34. The molecule has 1 aromatic carbocycles. The number of aliphatic carboxylic acids is 1. The van der Waals surface area contributed by atoms with Crippen LogP contribution in [0.4, 0.5) is 17.6 Å². The molecule has 0 saturated heterocycles. The normalized spacial score (nSPS) is 16.4. The average molecular weight is 456 g/mol. The third-order valence-electron chi connectivity index (χ3n) is 5.39. The number of carbonyl (C=O) groups excluding carboxylic acids is 1. The van der Waals surface area contributed by atoms with Crippen LogP contribution in [0.25, 0.3) is 0 Å². The van der Waals surface area contributed by atoms with E-state index in [-0.39, 0.29) is 17.6 Å². The number of fused-ring (bicyclic) bond motifs is 1. The summed E-state index contributed by atoms with van der Waals surface area (Å²) >= 11 is 0. The molecule has 174 valence electrons. The Kier molecular flexibility index (Phi) is 7.49. The van der Waals surface area contributed by atoms with Gasteiger partial charge in [-0.15, -0.1) is 0 Å². The van der Waals surface area contributed by atoms with Crippen molar-refractivity contribution in [3.8, 4) is 0 Å². The van der Waals surface area contributed by atoms with Crippen molar-refractivity contribution in [2.45, 2.75) is 51.6 Å². The minimum absolute atomic E-state index is 0.157. The highest BCUT2D eigenvalue weighted by Crippen LogP contribution is 2.26. The van der Waals surface area contributed by atoms with E-state index in [1.54, 1.807) is 12.1 Å². The molecule has 0 radical (unpaired) electrons. The molecule has 0 atom stereocenters. The van der Waals surface area contributed by atoms with E-state index in [1.165, 1.54) is 6.07 Å². The summed E-state index contributed by atoms with van der Waals surface area (Å²) in [6.45, 7) is 3.74. The van der Waals surface area contributed by atoms with Crippen LogP contribution < -0.4 is 5.32 Å². The third-order valence-corrected chi connectivity index (χ3v) is 5.39. The van der Waals surface area contributed by atoms with Crippen LogP contribution >= 0.6 is 0 Å². The number of alkyl halides is 3. The van der Waals surface area contributed by atoms with E-state index in [9.17, 15) is 22.4 Å². The van der Waals surface area contributed by atoms with Gasteiger partial charge < -0.3 is 15.0 Å². The molecule has 0 unspecified atom stereocenters. The van der Waals surface area contributed by atoms with Crippen molar-refractivity contribution in [3.05, 3.63) is 53.4 Å².